The van der Waals surface area contributed by atoms with Crippen LogP contribution in [0.15, 0.2) is 28.7 Å². The van der Waals surface area contributed by atoms with E-state index in [2.05, 4.69) is 26.0 Å². The van der Waals surface area contributed by atoms with Crippen molar-refractivity contribution in [3.8, 4) is 16.2 Å². The largest absolute Gasteiger partial charge is 0.479 e. The summed E-state index contributed by atoms with van der Waals surface area (Å²) in [5, 5.41) is 3.51. The van der Waals surface area contributed by atoms with Crippen LogP contribution in [0.25, 0.3) is 10.4 Å². The molecule has 0 atom stereocenters. The number of rotatable bonds is 11. The van der Waals surface area contributed by atoms with Gasteiger partial charge in [0.05, 0.1) is 29.3 Å². The third-order valence-corrected chi connectivity index (χ3v) is 10.0. The Kier molecular flexibility index (Phi) is 10.2. The third-order valence-electron chi connectivity index (χ3n) is 5.84. The molecule has 2 aromatic rings. The molecule has 0 spiro atoms. The first-order chi connectivity index (χ1) is 17.2. The van der Waals surface area contributed by atoms with Gasteiger partial charge >= 0.3 is 11.9 Å². The topological polar surface area (TPSA) is 111 Å². The zero-order valence-corrected chi connectivity index (χ0v) is 23.8. The summed E-state index contributed by atoms with van der Waals surface area (Å²) in [5.74, 6) is -0.706. The summed E-state index contributed by atoms with van der Waals surface area (Å²) >= 11 is 4.71. The van der Waals surface area contributed by atoms with Gasteiger partial charge in [-0.1, -0.05) is 25.5 Å². The lowest BCUT2D eigenvalue weighted by Gasteiger charge is -2.32. The lowest BCUT2D eigenvalue weighted by Crippen LogP contribution is -2.43. The van der Waals surface area contributed by atoms with E-state index in [1.165, 1.54) is 25.6 Å². The first-order valence-electron chi connectivity index (χ1n) is 11.6. The minimum Gasteiger partial charge on any atom is -0.479 e. The molecule has 1 N–H and O–H groups in total. The van der Waals surface area contributed by atoms with Crippen LogP contribution in [0.2, 0.25) is 0 Å². The first-order valence-corrected chi connectivity index (χ1v) is 14.9. The number of methoxy groups -OCH3 is 2. The van der Waals surface area contributed by atoms with E-state index in [1.54, 1.807) is 4.31 Å². The van der Waals surface area contributed by atoms with Crippen molar-refractivity contribution >= 4 is 54.9 Å². The minimum absolute atomic E-state index is 0.147. The normalized spacial score (nSPS) is 14.9. The number of unbranched alkanes of at least 4 members (excludes halogenated alkanes) is 1. The van der Waals surface area contributed by atoms with Crippen molar-refractivity contribution in [3.63, 3.8) is 0 Å². The molecule has 0 unspecified atom stereocenters. The highest BCUT2D eigenvalue weighted by atomic mass is 79.9. The van der Waals surface area contributed by atoms with Crippen LogP contribution in [0.3, 0.4) is 0 Å². The van der Waals surface area contributed by atoms with Crippen LogP contribution in [0.5, 0.6) is 5.75 Å². The highest BCUT2D eigenvalue weighted by Crippen LogP contribution is 2.46. The second kappa shape index (κ2) is 12.9. The maximum absolute atomic E-state index is 12.5. The zero-order valence-electron chi connectivity index (χ0n) is 20.5. The van der Waals surface area contributed by atoms with Gasteiger partial charge < -0.3 is 19.5 Å². The fraction of sp³-hybridized carbons (Fsp3) is 0.500. The Morgan fingerprint density at radius 1 is 1.19 bits per heavy atom. The predicted molar refractivity (Wildman–Crippen MR) is 143 cm³/mol. The Labute approximate surface area is 224 Å². The maximum atomic E-state index is 12.5. The van der Waals surface area contributed by atoms with Crippen LogP contribution in [-0.4, -0.2) is 70.4 Å². The molecule has 198 valence electrons. The molecule has 0 saturated carbocycles. The van der Waals surface area contributed by atoms with E-state index in [9.17, 15) is 18.0 Å². The molecule has 2 heterocycles. The van der Waals surface area contributed by atoms with E-state index in [0.29, 0.717) is 24.0 Å². The maximum Gasteiger partial charge on any atom is 0.351 e. The second-order valence-corrected chi connectivity index (χ2v) is 12.2. The van der Waals surface area contributed by atoms with Gasteiger partial charge in [0, 0.05) is 24.8 Å². The summed E-state index contributed by atoms with van der Waals surface area (Å²) in [6.45, 7) is 2.65. The molecule has 0 radical (unpaired) electrons. The molecule has 1 fully saturated rings. The molecule has 1 aromatic heterocycles. The number of carbonyl (C=O) groups excluding carboxylic acids is 2. The number of hydrogen-bond donors (Lipinski definition) is 1. The van der Waals surface area contributed by atoms with Gasteiger partial charge in [-0.15, -0.1) is 11.3 Å². The number of benzene rings is 1. The molecule has 36 heavy (non-hydrogen) atoms. The van der Waals surface area contributed by atoms with E-state index >= 15 is 0 Å². The van der Waals surface area contributed by atoms with Gasteiger partial charge in [0.15, 0.2) is 17.2 Å². The predicted octanol–water partition coefficient (Wildman–Crippen LogP) is 4.52. The van der Waals surface area contributed by atoms with Crippen molar-refractivity contribution in [1.29, 1.82) is 0 Å². The number of sulfonamides is 1. The molecule has 9 nitrogen and oxygen atoms in total. The third kappa shape index (κ3) is 6.99. The summed E-state index contributed by atoms with van der Waals surface area (Å²) in [6, 6.07) is 7.88. The first kappa shape index (κ1) is 28.4. The number of carbonyl (C=O) groups is 2. The van der Waals surface area contributed by atoms with Crippen LogP contribution < -0.4 is 10.1 Å². The molecule has 1 saturated heterocycles. The number of thiophene rings is 1. The minimum atomic E-state index is -3.19. The fourth-order valence-electron chi connectivity index (χ4n) is 3.85. The van der Waals surface area contributed by atoms with Gasteiger partial charge in [-0.3, -0.25) is 0 Å². The molecule has 0 amide bonds. The molecule has 0 bridgehead atoms. The van der Waals surface area contributed by atoms with Crippen molar-refractivity contribution in [1.82, 2.24) is 4.31 Å². The molecule has 1 aliphatic heterocycles. The average Bonchev–Trinajstić information content (AvgIpc) is 3.22. The number of halogens is 1. The SMILES string of the molecule is CCCCS(=O)(=O)N1CCC(Nc2cccc(-c3sc(C(=O)OC)c(OCC(=O)OC)c3Br)c2)CC1. The number of piperidine rings is 1. The van der Waals surface area contributed by atoms with Crippen LogP contribution in [-0.2, 0) is 24.3 Å². The number of anilines is 1. The number of hydrogen-bond acceptors (Lipinski definition) is 9. The molecule has 1 aromatic carbocycles. The molecule has 1 aliphatic rings. The Bertz CT molecular complexity index is 1180. The Morgan fingerprint density at radius 3 is 2.56 bits per heavy atom. The van der Waals surface area contributed by atoms with Crippen molar-refractivity contribution in [2.24, 2.45) is 0 Å². The number of ether oxygens (including phenoxy) is 3. The van der Waals surface area contributed by atoms with Crippen LogP contribution in [0.1, 0.15) is 42.3 Å². The Morgan fingerprint density at radius 2 is 1.92 bits per heavy atom. The van der Waals surface area contributed by atoms with Gasteiger partial charge in [-0.25, -0.2) is 22.3 Å². The fourth-order valence-corrected chi connectivity index (χ4v) is 7.49. The summed E-state index contributed by atoms with van der Waals surface area (Å²) in [5.41, 5.74) is 1.73. The molecule has 0 aliphatic carbocycles. The van der Waals surface area contributed by atoms with Gasteiger partial charge in [0.1, 0.15) is 0 Å². The zero-order chi connectivity index (χ0) is 26.3. The molecular weight excluding hydrogens is 572 g/mol. The van der Waals surface area contributed by atoms with Gasteiger partial charge in [-0.2, -0.15) is 0 Å². The second-order valence-electron chi connectivity index (χ2n) is 8.33. The van der Waals surface area contributed by atoms with Crippen LogP contribution in [0, 0.1) is 0 Å². The number of nitrogens with zero attached hydrogens (tertiary/aromatic N) is 1. The lowest BCUT2D eigenvalue weighted by atomic mass is 10.1. The van der Waals surface area contributed by atoms with Crippen LogP contribution >= 0.6 is 27.3 Å². The molecular formula is C24H31BrN2O7S2. The molecule has 12 heteroatoms. The van der Waals surface area contributed by atoms with E-state index < -0.39 is 22.0 Å². The monoisotopic (exact) mass is 602 g/mol. The van der Waals surface area contributed by atoms with Crippen LogP contribution in [0.4, 0.5) is 5.69 Å². The quantitative estimate of drug-likeness (QED) is 0.374. The van der Waals surface area contributed by atoms with E-state index in [4.69, 9.17) is 9.47 Å². The van der Waals surface area contributed by atoms with E-state index in [0.717, 1.165) is 35.4 Å². The standard InChI is InChI=1S/C24H31BrN2O7S2/c1-4-5-13-36(30,31)27-11-9-17(10-12-27)26-18-8-6-7-16(14-18)22-20(25)21(34-15-19(28)32-2)23(35-22)24(29)33-3/h6-8,14,17,26H,4-5,9-13,15H2,1-3H3. The van der Waals surface area contributed by atoms with Gasteiger partial charge in [0.25, 0.3) is 0 Å². The summed E-state index contributed by atoms with van der Waals surface area (Å²) in [4.78, 5) is 24.9. The van der Waals surface area contributed by atoms with E-state index in [-0.39, 0.29) is 29.0 Å². The smallest absolute Gasteiger partial charge is 0.351 e. The summed E-state index contributed by atoms with van der Waals surface area (Å²) in [7, 11) is -0.648. The Hall–Kier alpha value is -2.15. The summed E-state index contributed by atoms with van der Waals surface area (Å²) < 4.78 is 42.2. The molecule has 3 rings (SSSR count). The van der Waals surface area contributed by atoms with Gasteiger partial charge in [0.2, 0.25) is 10.0 Å². The highest BCUT2D eigenvalue weighted by Gasteiger charge is 2.28. The number of esters is 2. The number of nitrogens with one attached hydrogen (secondary N) is 1. The van der Waals surface area contributed by atoms with Crippen molar-refractivity contribution in [2.75, 3.05) is 45.0 Å². The van der Waals surface area contributed by atoms with Crippen molar-refractivity contribution in [3.05, 3.63) is 33.6 Å². The highest BCUT2D eigenvalue weighted by molar-refractivity contribution is 9.10. The van der Waals surface area contributed by atoms with Crippen molar-refractivity contribution in [2.45, 2.75) is 38.6 Å². The lowest BCUT2D eigenvalue weighted by molar-refractivity contribution is -0.142. The van der Waals surface area contributed by atoms with E-state index in [1.807, 2.05) is 31.2 Å². The van der Waals surface area contributed by atoms with Gasteiger partial charge in [-0.05, 0) is 52.9 Å². The summed E-state index contributed by atoms with van der Waals surface area (Å²) in [6.07, 6.45) is 2.97. The Balaban J connectivity index is 1.74. The average molecular weight is 604 g/mol. The van der Waals surface area contributed by atoms with Crippen molar-refractivity contribution < 1.29 is 32.2 Å².